The maximum Gasteiger partial charge on any atom is 0.152 e. The summed E-state index contributed by atoms with van der Waals surface area (Å²) in [5.74, 6) is 0.605. The maximum absolute atomic E-state index is 11.0. The molecule has 1 fully saturated rings. The second kappa shape index (κ2) is 4.20. The highest BCUT2D eigenvalue weighted by atomic mass is 32.2. The Balaban J connectivity index is 2.27. The van der Waals surface area contributed by atoms with E-state index in [1.807, 2.05) is 0 Å². The summed E-state index contributed by atoms with van der Waals surface area (Å²) in [7, 11) is -1.07. The minimum absolute atomic E-state index is 0.302. The molecule has 4 nitrogen and oxygen atoms in total. The number of hydrogen-bond donors (Lipinski definition) is 0. The molecule has 0 N–H and O–H groups in total. The summed E-state index contributed by atoms with van der Waals surface area (Å²) in [6, 6.07) is 0. The van der Waals surface area contributed by atoms with Crippen LogP contribution in [0.25, 0.3) is 0 Å². The zero-order valence-corrected chi connectivity index (χ0v) is 8.14. The molecular formula is C7H15NO3S. The zero-order valence-electron chi connectivity index (χ0n) is 7.32. The van der Waals surface area contributed by atoms with E-state index in [9.17, 15) is 8.42 Å². The van der Waals surface area contributed by atoms with E-state index in [1.165, 1.54) is 0 Å². The SMILES string of the molecule is COCCN1CCS(=O)(=O)CC1. The van der Waals surface area contributed by atoms with Gasteiger partial charge in [-0.3, -0.25) is 4.90 Å². The van der Waals surface area contributed by atoms with Gasteiger partial charge in [0, 0.05) is 26.7 Å². The highest BCUT2D eigenvalue weighted by molar-refractivity contribution is 7.91. The Labute approximate surface area is 73.4 Å². The van der Waals surface area contributed by atoms with Crippen molar-refractivity contribution in [2.24, 2.45) is 0 Å². The molecule has 0 aromatic carbocycles. The minimum Gasteiger partial charge on any atom is -0.383 e. The predicted octanol–water partition coefficient (Wildman–Crippen LogP) is -0.637. The predicted molar refractivity (Wildman–Crippen MR) is 47.0 cm³/mol. The van der Waals surface area contributed by atoms with Gasteiger partial charge in [0.15, 0.2) is 9.84 Å². The van der Waals surface area contributed by atoms with Gasteiger partial charge in [0.2, 0.25) is 0 Å². The fourth-order valence-corrected chi connectivity index (χ4v) is 2.47. The van der Waals surface area contributed by atoms with E-state index < -0.39 is 9.84 Å². The van der Waals surface area contributed by atoms with Crippen LogP contribution in [0.3, 0.4) is 0 Å². The lowest BCUT2D eigenvalue weighted by atomic mass is 10.5. The Morgan fingerprint density at radius 2 is 1.92 bits per heavy atom. The van der Waals surface area contributed by atoms with Crippen molar-refractivity contribution in [3.05, 3.63) is 0 Å². The topological polar surface area (TPSA) is 46.6 Å². The van der Waals surface area contributed by atoms with Gasteiger partial charge in [0.25, 0.3) is 0 Å². The van der Waals surface area contributed by atoms with Crippen LogP contribution in [0.2, 0.25) is 0 Å². The highest BCUT2D eigenvalue weighted by Crippen LogP contribution is 2.02. The Hall–Kier alpha value is -0.130. The molecule has 0 unspecified atom stereocenters. The maximum atomic E-state index is 11.0. The fourth-order valence-electron chi connectivity index (χ4n) is 1.19. The van der Waals surface area contributed by atoms with Crippen LogP contribution in [0.4, 0.5) is 0 Å². The minimum atomic E-state index is -2.72. The first kappa shape index (κ1) is 9.95. The summed E-state index contributed by atoms with van der Waals surface area (Å²) in [5.41, 5.74) is 0. The lowest BCUT2D eigenvalue weighted by Gasteiger charge is -2.25. The van der Waals surface area contributed by atoms with E-state index in [4.69, 9.17) is 4.74 Å². The second-order valence-electron chi connectivity index (χ2n) is 2.99. The van der Waals surface area contributed by atoms with Crippen molar-refractivity contribution in [3.63, 3.8) is 0 Å². The number of ether oxygens (including phenoxy) is 1. The van der Waals surface area contributed by atoms with Gasteiger partial charge < -0.3 is 4.74 Å². The van der Waals surface area contributed by atoms with Gasteiger partial charge >= 0.3 is 0 Å². The Morgan fingerprint density at radius 1 is 1.33 bits per heavy atom. The summed E-state index contributed by atoms with van der Waals surface area (Å²) in [4.78, 5) is 2.12. The van der Waals surface area contributed by atoms with Crippen LogP contribution in [-0.4, -0.2) is 58.2 Å². The molecule has 0 aliphatic carbocycles. The first-order chi connectivity index (χ1) is 5.64. The largest absolute Gasteiger partial charge is 0.383 e. The van der Waals surface area contributed by atoms with Gasteiger partial charge in [-0.15, -0.1) is 0 Å². The molecule has 0 radical (unpaired) electrons. The number of methoxy groups -OCH3 is 1. The molecule has 0 aromatic heterocycles. The Morgan fingerprint density at radius 3 is 2.42 bits per heavy atom. The van der Waals surface area contributed by atoms with Gasteiger partial charge in [-0.25, -0.2) is 8.42 Å². The van der Waals surface area contributed by atoms with Crippen LogP contribution in [0.1, 0.15) is 0 Å². The summed E-state index contributed by atoms with van der Waals surface area (Å²) in [6.45, 7) is 2.84. The van der Waals surface area contributed by atoms with E-state index in [0.29, 0.717) is 31.2 Å². The van der Waals surface area contributed by atoms with E-state index in [0.717, 1.165) is 6.54 Å². The molecule has 0 amide bonds. The smallest absolute Gasteiger partial charge is 0.152 e. The van der Waals surface area contributed by atoms with Gasteiger partial charge in [-0.1, -0.05) is 0 Å². The number of rotatable bonds is 3. The molecule has 12 heavy (non-hydrogen) atoms. The molecule has 1 aliphatic heterocycles. The summed E-state index contributed by atoms with van der Waals surface area (Å²) in [6.07, 6.45) is 0. The van der Waals surface area contributed by atoms with Crippen molar-refractivity contribution in [2.45, 2.75) is 0 Å². The van der Waals surface area contributed by atoms with Crippen molar-refractivity contribution < 1.29 is 13.2 Å². The van der Waals surface area contributed by atoms with Crippen LogP contribution in [0, 0.1) is 0 Å². The van der Waals surface area contributed by atoms with Crippen molar-refractivity contribution in [3.8, 4) is 0 Å². The number of sulfone groups is 1. The molecular weight excluding hydrogens is 178 g/mol. The highest BCUT2D eigenvalue weighted by Gasteiger charge is 2.20. The van der Waals surface area contributed by atoms with Gasteiger partial charge in [0.05, 0.1) is 18.1 Å². The van der Waals surface area contributed by atoms with E-state index in [1.54, 1.807) is 7.11 Å². The number of hydrogen-bond acceptors (Lipinski definition) is 4. The molecule has 1 heterocycles. The van der Waals surface area contributed by atoms with Crippen LogP contribution in [0.5, 0.6) is 0 Å². The van der Waals surface area contributed by atoms with Crippen molar-refractivity contribution >= 4 is 9.84 Å². The van der Waals surface area contributed by atoms with Crippen molar-refractivity contribution in [1.29, 1.82) is 0 Å². The average molecular weight is 193 g/mol. The summed E-state index contributed by atoms with van der Waals surface area (Å²) >= 11 is 0. The fraction of sp³-hybridized carbons (Fsp3) is 1.00. The molecule has 5 heteroatoms. The monoisotopic (exact) mass is 193 g/mol. The van der Waals surface area contributed by atoms with Crippen LogP contribution >= 0.6 is 0 Å². The molecule has 0 saturated carbocycles. The van der Waals surface area contributed by atoms with Crippen LogP contribution in [0.15, 0.2) is 0 Å². The van der Waals surface area contributed by atoms with Gasteiger partial charge in [-0.2, -0.15) is 0 Å². The molecule has 72 valence electrons. The molecule has 0 aromatic rings. The van der Waals surface area contributed by atoms with Crippen molar-refractivity contribution in [2.75, 3.05) is 44.9 Å². The Bertz CT molecular complexity index is 211. The molecule has 1 saturated heterocycles. The molecule has 0 bridgehead atoms. The third-order valence-electron chi connectivity index (χ3n) is 2.05. The number of nitrogens with zero attached hydrogens (tertiary/aromatic N) is 1. The average Bonchev–Trinajstić information content (AvgIpc) is 2.03. The molecule has 0 atom stereocenters. The lowest BCUT2D eigenvalue weighted by molar-refractivity contribution is 0.153. The second-order valence-corrected chi connectivity index (χ2v) is 5.29. The summed E-state index contributed by atoms with van der Waals surface area (Å²) < 4.78 is 26.9. The quantitative estimate of drug-likeness (QED) is 0.598. The van der Waals surface area contributed by atoms with Crippen molar-refractivity contribution in [1.82, 2.24) is 4.90 Å². The van der Waals surface area contributed by atoms with E-state index in [-0.39, 0.29) is 0 Å². The molecule has 1 aliphatic rings. The summed E-state index contributed by atoms with van der Waals surface area (Å²) in [5, 5.41) is 0. The molecule has 1 rings (SSSR count). The Kier molecular flexibility index (Phi) is 3.49. The first-order valence-electron chi connectivity index (χ1n) is 4.06. The normalized spacial score (nSPS) is 24.1. The molecule has 0 spiro atoms. The standard InChI is InChI=1S/C7H15NO3S/c1-11-5-2-8-3-6-12(9,10)7-4-8/h2-7H2,1H3. The van der Waals surface area contributed by atoms with E-state index in [2.05, 4.69) is 4.90 Å². The zero-order chi connectivity index (χ0) is 9.03. The lowest BCUT2D eigenvalue weighted by Crippen LogP contribution is -2.41. The van der Waals surface area contributed by atoms with E-state index >= 15 is 0 Å². The van der Waals surface area contributed by atoms with Gasteiger partial charge in [0.1, 0.15) is 0 Å². The van der Waals surface area contributed by atoms with Gasteiger partial charge in [-0.05, 0) is 0 Å². The third-order valence-corrected chi connectivity index (χ3v) is 3.66. The van der Waals surface area contributed by atoms with Crippen LogP contribution < -0.4 is 0 Å². The first-order valence-corrected chi connectivity index (χ1v) is 5.88. The van der Waals surface area contributed by atoms with Crippen LogP contribution in [-0.2, 0) is 14.6 Å². The third kappa shape index (κ3) is 3.08.